The smallest absolute Gasteiger partial charge is 0.303 e. The van der Waals surface area contributed by atoms with E-state index in [-0.39, 0.29) is 0 Å². The molecule has 1 saturated carbocycles. The lowest BCUT2D eigenvalue weighted by atomic mass is 10.1. The van der Waals surface area contributed by atoms with Crippen molar-refractivity contribution in [2.75, 3.05) is 0 Å². The minimum atomic E-state index is -0.686. The van der Waals surface area contributed by atoms with Crippen LogP contribution >= 0.6 is 15.9 Å². The average molecular weight is 255 g/mol. The van der Waals surface area contributed by atoms with Gasteiger partial charge in [0.05, 0.1) is 0 Å². The van der Waals surface area contributed by atoms with Gasteiger partial charge in [-0.1, -0.05) is 28.1 Å². The van der Waals surface area contributed by atoms with Gasteiger partial charge in [-0.05, 0) is 36.0 Å². The van der Waals surface area contributed by atoms with Crippen molar-refractivity contribution in [3.63, 3.8) is 0 Å². The summed E-state index contributed by atoms with van der Waals surface area (Å²) in [6.07, 6.45) is 1.33. The van der Waals surface area contributed by atoms with Crippen molar-refractivity contribution >= 4 is 21.9 Å². The molecule has 2 rings (SSSR count). The molecule has 0 amide bonds. The van der Waals surface area contributed by atoms with Crippen LogP contribution < -0.4 is 0 Å². The maximum absolute atomic E-state index is 10.5. The SMILES string of the molecule is O=C(O)C[C@H]1C[C@@H]1c1ccc(Br)cc1. The van der Waals surface area contributed by atoms with Gasteiger partial charge in [-0.25, -0.2) is 0 Å². The number of carboxylic acid groups (broad SMARTS) is 1. The summed E-state index contributed by atoms with van der Waals surface area (Å²) in [4.78, 5) is 10.5. The zero-order valence-electron chi connectivity index (χ0n) is 7.61. The fourth-order valence-corrected chi connectivity index (χ4v) is 2.08. The molecule has 0 spiro atoms. The number of carboxylic acids is 1. The van der Waals surface area contributed by atoms with E-state index in [1.807, 2.05) is 12.1 Å². The lowest BCUT2D eigenvalue weighted by Crippen LogP contribution is -1.96. The Kier molecular flexibility index (Phi) is 2.59. The molecule has 0 radical (unpaired) electrons. The third-order valence-corrected chi connectivity index (χ3v) is 3.19. The van der Waals surface area contributed by atoms with Crippen LogP contribution in [0.15, 0.2) is 28.7 Å². The van der Waals surface area contributed by atoms with E-state index in [0.717, 1.165) is 10.9 Å². The maximum atomic E-state index is 10.5. The standard InChI is InChI=1S/C11H11BrO2/c12-9-3-1-7(2-4-9)10-5-8(10)6-11(13)14/h1-4,8,10H,5-6H2,(H,13,14)/t8-,10-/m1/s1. The van der Waals surface area contributed by atoms with Crippen LogP contribution in [-0.4, -0.2) is 11.1 Å². The number of halogens is 1. The first-order valence-corrected chi connectivity index (χ1v) is 5.43. The van der Waals surface area contributed by atoms with Crippen molar-refractivity contribution in [2.24, 2.45) is 5.92 Å². The first-order valence-electron chi connectivity index (χ1n) is 4.64. The second-order valence-corrected chi connectivity index (χ2v) is 4.67. The van der Waals surface area contributed by atoms with Crippen molar-refractivity contribution in [2.45, 2.75) is 18.8 Å². The van der Waals surface area contributed by atoms with Gasteiger partial charge in [0.15, 0.2) is 0 Å². The molecule has 0 saturated heterocycles. The quantitative estimate of drug-likeness (QED) is 0.901. The predicted molar refractivity (Wildman–Crippen MR) is 57.2 cm³/mol. The summed E-state index contributed by atoms with van der Waals surface area (Å²) < 4.78 is 1.07. The zero-order chi connectivity index (χ0) is 10.1. The molecule has 1 aliphatic carbocycles. The molecule has 2 atom stereocenters. The monoisotopic (exact) mass is 254 g/mol. The van der Waals surface area contributed by atoms with Crippen molar-refractivity contribution in [1.29, 1.82) is 0 Å². The molecule has 1 aliphatic rings. The molecule has 1 fully saturated rings. The fourth-order valence-electron chi connectivity index (χ4n) is 1.82. The van der Waals surface area contributed by atoms with Crippen LogP contribution in [0.5, 0.6) is 0 Å². The second-order valence-electron chi connectivity index (χ2n) is 3.75. The summed E-state index contributed by atoms with van der Waals surface area (Å²) in [6.45, 7) is 0. The van der Waals surface area contributed by atoms with E-state index in [1.54, 1.807) is 0 Å². The van der Waals surface area contributed by atoms with Crippen LogP contribution in [0.25, 0.3) is 0 Å². The van der Waals surface area contributed by atoms with E-state index in [0.29, 0.717) is 18.3 Å². The molecule has 3 heteroatoms. The first kappa shape index (κ1) is 9.71. The highest BCUT2D eigenvalue weighted by Crippen LogP contribution is 2.49. The van der Waals surface area contributed by atoms with Crippen LogP contribution in [0.4, 0.5) is 0 Å². The van der Waals surface area contributed by atoms with E-state index in [1.165, 1.54) is 5.56 Å². The third kappa shape index (κ3) is 2.15. The summed E-state index contributed by atoms with van der Waals surface area (Å²) >= 11 is 3.38. The molecule has 2 nitrogen and oxygen atoms in total. The number of aliphatic carboxylic acids is 1. The Balaban J connectivity index is 1.99. The minimum Gasteiger partial charge on any atom is -0.481 e. The molecule has 0 unspecified atom stereocenters. The summed E-state index contributed by atoms with van der Waals surface area (Å²) in [6, 6.07) is 8.14. The normalized spacial score (nSPS) is 24.6. The van der Waals surface area contributed by atoms with E-state index >= 15 is 0 Å². The molecule has 14 heavy (non-hydrogen) atoms. The van der Waals surface area contributed by atoms with Gasteiger partial charge in [0.25, 0.3) is 0 Å². The molecule has 1 aromatic rings. The fraction of sp³-hybridized carbons (Fsp3) is 0.364. The lowest BCUT2D eigenvalue weighted by molar-refractivity contribution is -0.137. The Hall–Kier alpha value is -0.830. The van der Waals surface area contributed by atoms with Crippen molar-refractivity contribution in [3.8, 4) is 0 Å². The number of benzene rings is 1. The molecule has 0 aromatic heterocycles. The highest BCUT2D eigenvalue weighted by Gasteiger charge is 2.39. The van der Waals surface area contributed by atoms with Gasteiger partial charge in [-0.2, -0.15) is 0 Å². The largest absolute Gasteiger partial charge is 0.481 e. The second kappa shape index (κ2) is 3.73. The van der Waals surface area contributed by atoms with E-state index in [9.17, 15) is 4.79 Å². The molecule has 1 aromatic carbocycles. The Morgan fingerprint density at radius 1 is 1.43 bits per heavy atom. The van der Waals surface area contributed by atoms with Gasteiger partial charge in [0.1, 0.15) is 0 Å². The Bertz CT molecular complexity index is 345. The molecule has 0 heterocycles. The Morgan fingerprint density at radius 3 is 2.64 bits per heavy atom. The maximum Gasteiger partial charge on any atom is 0.303 e. The third-order valence-electron chi connectivity index (χ3n) is 2.66. The topological polar surface area (TPSA) is 37.3 Å². The van der Waals surface area contributed by atoms with Crippen molar-refractivity contribution in [1.82, 2.24) is 0 Å². The van der Waals surface area contributed by atoms with E-state index in [4.69, 9.17) is 5.11 Å². The highest BCUT2D eigenvalue weighted by molar-refractivity contribution is 9.10. The van der Waals surface area contributed by atoms with Gasteiger partial charge in [0.2, 0.25) is 0 Å². The summed E-state index contributed by atoms with van der Waals surface area (Å²) in [5, 5.41) is 8.63. The molecule has 0 bridgehead atoms. The Morgan fingerprint density at radius 2 is 2.07 bits per heavy atom. The molecular formula is C11H11BrO2. The number of carbonyl (C=O) groups is 1. The van der Waals surface area contributed by atoms with E-state index < -0.39 is 5.97 Å². The summed E-state index contributed by atoms with van der Waals surface area (Å²) in [5.41, 5.74) is 1.26. The molecular weight excluding hydrogens is 244 g/mol. The van der Waals surface area contributed by atoms with Crippen LogP contribution in [0, 0.1) is 5.92 Å². The van der Waals surface area contributed by atoms with Gasteiger partial charge >= 0.3 is 5.97 Å². The van der Waals surface area contributed by atoms with Crippen LogP contribution in [0.3, 0.4) is 0 Å². The van der Waals surface area contributed by atoms with E-state index in [2.05, 4.69) is 28.1 Å². The Labute approximate surface area is 91.1 Å². The lowest BCUT2D eigenvalue weighted by Gasteiger charge is -1.98. The average Bonchev–Trinajstić information content (AvgIpc) is 2.84. The van der Waals surface area contributed by atoms with Crippen molar-refractivity contribution < 1.29 is 9.90 Å². The predicted octanol–water partition coefficient (Wildman–Crippen LogP) is 3.03. The first-order chi connectivity index (χ1) is 6.66. The van der Waals surface area contributed by atoms with Crippen molar-refractivity contribution in [3.05, 3.63) is 34.3 Å². The number of rotatable bonds is 3. The van der Waals surface area contributed by atoms with Crippen LogP contribution in [0.2, 0.25) is 0 Å². The van der Waals surface area contributed by atoms with Crippen LogP contribution in [0.1, 0.15) is 24.3 Å². The number of hydrogen-bond donors (Lipinski definition) is 1. The number of hydrogen-bond acceptors (Lipinski definition) is 1. The van der Waals surface area contributed by atoms with Gasteiger partial charge in [0, 0.05) is 10.9 Å². The van der Waals surface area contributed by atoms with Gasteiger partial charge < -0.3 is 5.11 Å². The zero-order valence-corrected chi connectivity index (χ0v) is 9.20. The molecule has 0 aliphatic heterocycles. The minimum absolute atomic E-state index is 0.306. The molecule has 1 N–H and O–H groups in total. The summed E-state index contributed by atoms with van der Waals surface area (Å²) in [5.74, 6) is 0.141. The highest BCUT2D eigenvalue weighted by atomic mass is 79.9. The van der Waals surface area contributed by atoms with Crippen LogP contribution in [-0.2, 0) is 4.79 Å². The molecule has 74 valence electrons. The summed E-state index contributed by atoms with van der Waals surface area (Å²) in [7, 11) is 0. The van der Waals surface area contributed by atoms with Gasteiger partial charge in [-0.3, -0.25) is 4.79 Å². The van der Waals surface area contributed by atoms with Gasteiger partial charge in [-0.15, -0.1) is 0 Å².